The van der Waals surface area contributed by atoms with Crippen LogP contribution >= 0.6 is 0 Å². The zero-order valence-electron chi connectivity index (χ0n) is 14.9. The average Bonchev–Trinajstić information content (AvgIpc) is 2.86. The molecule has 8 nitrogen and oxygen atoms in total. The van der Waals surface area contributed by atoms with Crippen molar-refractivity contribution in [1.82, 2.24) is 10.2 Å². The summed E-state index contributed by atoms with van der Waals surface area (Å²) in [5.41, 5.74) is 0.694. The van der Waals surface area contributed by atoms with Crippen LogP contribution in [0.2, 0.25) is 0 Å². The fourth-order valence-corrected chi connectivity index (χ4v) is 2.63. The summed E-state index contributed by atoms with van der Waals surface area (Å²) in [7, 11) is 0. The smallest absolute Gasteiger partial charge is 0.319 e. The van der Waals surface area contributed by atoms with Crippen molar-refractivity contribution in [3.05, 3.63) is 29.8 Å². The number of anilines is 1. The normalized spacial score (nSPS) is 14.5. The molecule has 1 aliphatic heterocycles. The van der Waals surface area contributed by atoms with Gasteiger partial charge in [0, 0.05) is 30.5 Å². The number of urea groups is 1. The summed E-state index contributed by atoms with van der Waals surface area (Å²) in [5.74, 6) is -1.24. The Morgan fingerprint density at radius 2 is 1.69 bits per heavy atom. The Morgan fingerprint density at radius 3 is 2.23 bits per heavy atom. The molecule has 1 fully saturated rings. The van der Waals surface area contributed by atoms with Gasteiger partial charge in [-0.25, -0.2) is 4.79 Å². The molecule has 3 N–H and O–H groups in total. The van der Waals surface area contributed by atoms with E-state index in [-0.39, 0.29) is 37.6 Å². The number of carbonyl (C=O) groups excluding carboxylic acids is 3. The van der Waals surface area contributed by atoms with E-state index in [0.717, 1.165) is 5.56 Å². The van der Waals surface area contributed by atoms with Gasteiger partial charge in [-0.05, 0) is 38.0 Å². The second kappa shape index (κ2) is 7.99. The van der Waals surface area contributed by atoms with E-state index in [0.29, 0.717) is 12.1 Å². The Morgan fingerprint density at radius 1 is 1.12 bits per heavy atom. The zero-order valence-corrected chi connectivity index (χ0v) is 14.9. The van der Waals surface area contributed by atoms with E-state index < -0.39 is 17.5 Å². The van der Waals surface area contributed by atoms with Crippen molar-refractivity contribution in [2.45, 2.75) is 51.6 Å². The maximum atomic E-state index is 12.1. The van der Waals surface area contributed by atoms with E-state index in [1.54, 1.807) is 38.1 Å². The number of nitrogens with one attached hydrogen (secondary N) is 2. The highest BCUT2D eigenvalue weighted by atomic mass is 16.4. The molecule has 0 aliphatic carbocycles. The van der Waals surface area contributed by atoms with Crippen molar-refractivity contribution >= 4 is 29.5 Å². The molecule has 0 atom stereocenters. The van der Waals surface area contributed by atoms with Crippen LogP contribution in [0.5, 0.6) is 0 Å². The van der Waals surface area contributed by atoms with Crippen LogP contribution in [0.4, 0.5) is 10.5 Å². The van der Waals surface area contributed by atoms with Gasteiger partial charge >= 0.3 is 12.0 Å². The highest BCUT2D eigenvalue weighted by Crippen LogP contribution is 2.18. The van der Waals surface area contributed by atoms with Gasteiger partial charge in [0.2, 0.25) is 11.8 Å². The first kappa shape index (κ1) is 19.4. The Kier molecular flexibility index (Phi) is 5.97. The van der Waals surface area contributed by atoms with Crippen molar-refractivity contribution in [3.63, 3.8) is 0 Å². The van der Waals surface area contributed by atoms with E-state index in [1.807, 2.05) is 0 Å². The van der Waals surface area contributed by atoms with Crippen LogP contribution in [0, 0.1) is 0 Å². The molecule has 0 radical (unpaired) electrons. The second-order valence-electron chi connectivity index (χ2n) is 6.93. The molecule has 1 saturated heterocycles. The summed E-state index contributed by atoms with van der Waals surface area (Å²) in [6, 6.07) is 6.42. The molecular weight excluding hydrogens is 338 g/mol. The molecule has 0 bridgehead atoms. The first-order valence-electron chi connectivity index (χ1n) is 8.39. The molecule has 8 heteroatoms. The summed E-state index contributed by atoms with van der Waals surface area (Å²) in [4.78, 5) is 47.2. The van der Waals surface area contributed by atoms with Gasteiger partial charge < -0.3 is 15.7 Å². The van der Waals surface area contributed by atoms with Crippen LogP contribution in [-0.2, 0) is 20.9 Å². The molecule has 4 amide bonds. The molecule has 2 rings (SSSR count). The minimum absolute atomic E-state index is 0.0318. The molecule has 140 valence electrons. The maximum Gasteiger partial charge on any atom is 0.319 e. The number of imide groups is 1. The molecule has 1 heterocycles. The quantitative estimate of drug-likeness (QED) is 0.643. The highest BCUT2D eigenvalue weighted by Gasteiger charge is 2.28. The minimum Gasteiger partial charge on any atom is -0.481 e. The molecule has 26 heavy (non-hydrogen) atoms. The van der Waals surface area contributed by atoms with Crippen LogP contribution < -0.4 is 10.6 Å². The number of amides is 4. The highest BCUT2D eigenvalue weighted by molar-refractivity contribution is 6.01. The monoisotopic (exact) mass is 361 g/mol. The molecule has 0 saturated carbocycles. The lowest BCUT2D eigenvalue weighted by Crippen LogP contribution is -2.45. The Hall–Kier alpha value is -2.90. The Balaban J connectivity index is 1.88. The number of carbonyl (C=O) groups is 4. The van der Waals surface area contributed by atoms with E-state index in [4.69, 9.17) is 5.11 Å². The van der Waals surface area contributed by atoms with Gasteiger partial charge in [-0.15, -0.1) is 0 Å². The van der Waals surface area contributed by atoms with Crippen molar-refractivity contribution in [1.29, 1.82) is 0 Å². The van der Waals surface area contributed by atoms with E-state index in [2.05, 4.69) is 10.6 Å². The van der Waals surface area contributed by atoms with E-state index >= 15 is 0 Å². The molecule has 1 aromatic rings. The lowest BCUT2D eigenvalue weighted by Gasteiger charge is -2.25. The minimum atomic E-state index is -0.911. The first-order valence-corrected chi connectivity index (χ1v) is 8.39. The van der Waals surface area contributed by atoms with Gasteiger partial charge in [0.1, 0.15) is 0 Å². The molecular formula is C18H23N3O5. The topological polar surface area (TPSA) is 116 Å². The van der Waals surface area contributed by atoms with Crippen LogP contribution in [-0.4, -0.2) is 39.4 Å². The van der Waals surface area contributed by atoms with E-state index in [9.17, 15) is 19.2 Å². The second-order valence-corrected chi connectivity index (χ2v) is 6.93. The number of rotatable bonds is 7. The average molecular weight is 361 g/mol. The number of nitrogens with zero attached hydrogens (tertiary/aromatic N) is 1. The molecule has 0 spiro atoms. The Bertz CT molecular complexity index is 696. The number of carboxylic acid groups (broad SMARTS) is 1. The van der Waals surface area contributed by atoms with Gasteiger partial charge in [0.05, 0.1) is 6.54 Å². The summed E-state index contributed by atoms with van der Waals surface area (Å²) >= 11 is 0. The molecule has 0 unspecified atom stereocenters. The fraction of sp³-hybridized carbons (Fsp3) is 0.444. The SMILES string of the molecule is CC(C)(CCC(=O)O)NC(=O)Nc1ccc(CN2C(=O)CCC2=O)cc1. The largest absolute Gasteiger partial charge is 0.481 e. The first-order chi connectivity index (χ1) is 12.2. The predicted octanol–water partition coefficient (Wildman–Crippen LogP) is 2.10. The van der Waals surface area contributed by atoms with Crippen LogP contribution in [0.3, 0.4) is 0 Å². The molecule has 1 aliphatic rings. The summed E-state index contributed by atoms with van der Waals surface area (Å²) in [6.45, 7) is 3.73. The number of hydrogen-bond acceptors (Lipinski definition) is 4. The third-order valence-electron chi connectivity index (χ3n) is 4.12. The summed E-state index contributed by atoms with van der Waals surface area (Å²) in [6.07, 6.45) is 0.801. The fourth-order valence-electron chi connectivity index (χ4n) is 2.63. The molecule has 0 aromatic heterocycles. The van der Waals surface area contributed by atoms with Crippen molar-refractivity contribution in [2.75, 3.05) is 5.32 Å². The van der Waals surface area contributed by atoms with Crippen molar-refractivity contribution in [2.24, 2.45) is 0 Å². The number of likely N-dealkylation sites (tertiary alicyclic amines) is 1. The van der Waals surface area contributed by atoms with Gasteiger partial charge in [-0.2, -0.15) is 0 Å². The lowest BCUT2D eigenvalue weighted by atomic mass is 9.99. The number of hydrogen-bond donors (Lipinski definition) is 3. The third kappa shape index (κ3) is 5.58. The van der Waals surface area contributed by atoms with Crippen molar-refractivity contribution in [3.8, 4) is 0 Å². The third-order valence-corrected chi connectivity index (χ3v) is 4.12. The number of benzene rings is 1. The number of carboxylic acids is 1. The van der Waals surface area contributed by atoms with E-state index in [1.165, 1.54) is 4.90 Å². The summed E-state index contributed by atoms with van der Waals surface area (Å²) < 4.78 is 0. The maximum absolute atomic E-state index is 12.1. The van der Waals surface area contributed by atoms with Crippen molar-refractivity contribution < 1.29 is 24.3 Å². The van der Waals surface area contributed by atoms with Crippen LogP contribution in [0.15, 0.2) is 24.3 Å². The van der Waals surface area contributed by atoms with Crippen LogP contribution in [0.1, 0.15) is 45.1 Å². The summed E-state index contributed by atoms with van der Waals surface area (Å²) in [5, 5.41) is 14.1. The van der Waals surface area contributed by atoms with Gasteiger partial charge in [0.25, 0.3) is 0 Å². The predicted molar refractivity (Wildman–Crippen MR) is 94.3 cm³/mol. The zero-order chi connectivity index (χ0) is 19.3. The van der Waals surface area contributed by atoms with Gasteiger partial charge in [-0.3, -0.25) is 19.3 Å². The van der Waals surface area contributed by atoms with Gasteiger partial charge in [0.15, 0.2) is 0 Å². The molecule has 1 aromatic carbocycles. The lowest BCUT2D eigenvalue weighted by molar-refractivity contribution is -0.139. The Labute approximate surface area is 151 Å². The standard InChI is InChI=1S/C18H23N3O5/c1-18(2,10-9-16(24)25)20-17(26)19-13-5-3-12(4-6-13)11-21-14(22)7-8-15(21)23/h3-6H,7-11H2,1-2H3,(H,24,25)(H2,19,20,26). The van der Waals surface area contributed by atoms with Crippen LogP contribution in [0.25, 0.3) is 0 Å². The number of aliphatic carboxylic acids is 1. The van der Waals surface area contributed by atoms with Gasteiger partial charge in [-0.1, -0.05) is 12.1 Å².